The molecule has 1 heterocycles. The van der Waals surface area contributed by atoms with E-state index in [4.69, 9.17) is 25.1 Å². The lowest BCUT2D eigenvalue weighted by molar-refractivity contribution is -0.137. The highest BCUT2D eigenvalue weighted by atomic mass is 16.6. The summed E-state index contributed by atoms with van der Waals surface area (Å²) in [5.41, 5.74) is 6.31. The normalized spacial score (nSPS) is 29.5. The number of aliphatic hydroxyl groups is 1. The Kier molecular flexibility index (Phi) is 15.7. The molecule has 0 spiro atoms. The van der Waals surface area contributed by atoms with E-state index in [2.05, 4.69) is 10.6 Å². The summed E-state index contributed by atoms with van der Waals surface area (Å²) in [6.07, 6.45) is 5.25. The lowest BCUT2D eigenvalue weighted by Crippen LogP contribution is -2.38. The number of nitrogens with one attached hydrogen (secondary N) is 2. The van der Waals surface area contributed by atoms with Crippen LogP contribution in [0.1, 0.15) is 66.2 Å². The van der Waals surface area contributed by atoms with Crippen LogP contribution in [0.2, 0.25) is 0 Å². The summed E-state index contributed by atoms with van der Waals surface area (Å²) < 4.78 is 16.6. The van der Waals surface area contributed by atoms with Crippen LogP contribution in [-0.2, 0) is 33.4 Å². The van der Waals surface area contributed by atoms with Crippen molar-refractivity contribution >= 4 is 29.5 Å². The molecule has 2 rings (SSSR count). The van der Waals surface area contributed by atoms with Crippen molar-refractivity contribution in [2.75, 3.05) is 20.8 Å². The summed E-state index contributed by atoms with van der Waals surface area (Å²) in [5.74, 6) is -3.18. The predicted molar refractivity (Wildman–Crippen MR) is 174 cm³/mol. The van der Waals surface area contributed by atoms with Crippen LogP contribution in [0.5, 0.6) is 0 Å². The Bertz CT molecular complexity index is 1330. The number of nitrogens with two attached hydrogens (primary N) is 1. The van der Waals surface area contributed by atoms with Gasteiger partial charge < -0.3 is 40.8 Å². The first-order chi connectivity index (χ1) is 22.2. The van der Waals surface area contributed by atoms with Crippen molar-refractivity contribution in [2.24, 2.45) is 17.6 Å². The molecule has 0 aromatic rings. The maximum absolute atomic E-state index is 13.8. The van der Waals surface area contributed by atoms with E-state index in [-0.39, 0.29) is 41.3 Å². The number of hydrogen-bond donors (Lipinski definition) is 5. The topological polar surface area (TPSA) is 204 Å². The van der Waals surface area contributed by atoms with E-state index in [1.165, 1.54) is 33.3 Å². The number of hydrogen-bond acceptors (Lipinski definition) is 10. The molecule has 2 bridgehead atoms. The number of carboxylic acid groups (broad SMARTS) is 1. The molecule has 13 nitrogen and oxygen atoms in total. The maximum atomic E-state index is 13.8. The molecule has 0 saturated carbocycles. The molecule has 260 valence electrons. The summed E-state index contributed by atoms with van der Waals surface area (Å²) in [4.78, 5) is 62.7. The Hall–Kier alpha value is -4.07. The fourth-order valence-corrected chi connectivity index (χ4v) is 5.57. The first kappa shape index (κ1) is 39.1. The molecule has 0 unspecified atom stereocenters. The summed E-state index contributed by atoms with van der Waals surface area (Å²) in [7, 11) is 2.90. The number of carbonyl (C=O) groups is 5. The highest BCUT2D eigenvalue weighted by Crippen LogP contribution is 2.29. The van der Waals surface area contributed by atoms with Crippen LogP contribution in [0.25, 0.3) is 0 Å². The van der Waals surface area contributed by atoms with Crippen molar-refractivity contribution < 1.29 is 48.4 Å². The molecular weight excluding hydrogens is 610 g/mol. The first-order valence-electron chi connectivity index (χ1n) is 15.7. The van der Waals surface area contributed by atoms with Gasteiger partial charge in [0.2, 0.25) is 11.6 Å². The SMILES string of the molecule is CO[C@H]1/C=C\C=C(/C)C(=O)NC2=CC(=O)C(NCCCCCC(=O)O)=C(C[C@@H](C)C[C@H](OC)[C@@H](O)[C@@H](C)/C=C(\C)[C@@H]1OC(N)=O)C2=O. The highest BCUT2D eigenvalue weighted by Gasteiger charge is 2.33. The predicted octanol–water partition coefficient (Wildman–Crippen LogP) is 3.00. The molecule has 0 aromatic carbocycles. The number of ether oxygens (including phenoxy) is 3. The summed E-state index contributed by atoms with van der Waals surface area (Å²) in [6, 6.07) is 0. The van der Waals surface area contributed by atoms with Crippen molar-refractivity contribution in [1.82, 2.24) is 10.6 Å². The second-order valence-electron chi connectivity index (χ2n) is 12.1. The third-order valence-corrected chi connectivity index (χ3v) is 8.16. The summed E-state index contributed by atoms with van der Waals surface area (Å²) in [6.45, 7) is 7.27. The summed E-state index contributed by atoms with van der Waals surface area (Å²) >= 11 is 0. The molecule has 6 atom stereocenters. The number of amides is 2. The fourth-order valence-electron chi connectivity index (χ4n) is 5.57. The van der Waals surface area contributed by atoms with E-state index in [1.807, 2.05) is 6.92 Å². The van der Waals surface area contributed by atoms with Crippen LogP contribution in [-0.4, -0.2) is 84.9 Å². The van der Waals surface area contributed by atoms with Crippen LogP contribution in [0.15, 0.2) is 58.5 Å². The van der Waals surface area contributed by atoms with Gasteiger partial charge in [-0.15, -0.1) is 0 Å². The van der Waals surface area contributed by atoms with Gasteiger partial charge in [0, 0.05) is 50.3 Å². The Morgan fingerprint density at radius 2 is 1.79 bits per heavy atom. The van der Waals surface area contributed by atoms with Gasteiger partial charge in [-0.1, -0.05) is 44.6 Å². The van der Waals surface area contributed by atoms with Crippen molar-refractivity contribution in [3.63, 3.8) is 0 Å². The van der Waals surface area contributed by atoms with Gasteiger partial charge in [-0.2, -0.15) is 0 Å². The standard InChI is InChI=1S/C34H49N3O10/c1-19-15-23-29(36-14-9-7-8-13-28(39)40)25(38)18-24(31(23)42)37-33(43)20(2)11-10-12-26(45-5)32(47-34(35)44)22(4)17-21(3)30(41)27(16-19)46-6/h10-12,17-19,21,26-27,30,32,36,41H,7-9,13-16H2,1-6H3,(H2,35,44)(H,37,43)(H,39,40)/b12-10-,20-11+,22-17+/t19-,21+,26+,27+,30+,32+/m1/s1. The van der Waals surface area contributed by atoms with E-state index in [0.29, 0.717) is 37.8 Å². The number of fused-ring (bicyclic) bond motifs is 2. The lowest BCUT2D eigenvalue weighted by Gasteiger charge is -2.30. The number of methoxy groups -OCH3 is 2. The number of ketones is 2. The molecule has 13 heteroatoms. The molecule has 1 aliphatic heterocycles. The zero-order chi connectivity index (χ0) is 35.3. The van der Waals surface area contributed by atoms with Gasteiger partial charge in [0.1, 0.15) is 6.10 Å². The molecule has 0 saturated heterocycles. The highest BCUT2D eigenvalue weighted by molar-refractivity contribution is 6.23. The molecule has 0 fully saturated rings. The van der Waals surface area contributed by atoms with Gasteiger partial charge in [0.25, 0.3) is 5.91 Å². The second kappa shape index (κ2) is 18.9. The van der Waals surface area contributed by atoms with Crippen molar-refractivity contribution in [3.05, 3.63) is 58.5 Å². The maximum Gasteiger partial charge on any atom is 0.405 e. The number of carboxylic acids is 1. The van der Waals surface area contributed by atoms with Crippen LogP contribution in [0.3, 0.4) is 0 Å². The second-order valence-corrected chi connectivity index (χ2v) is 12.1. The number of aliphatic carboxylic acids is 1. The number of rotatable bonds is 10. The minimum Gasteiger partial charge on any atom is -0.481 e. The molecule has 2 amide bonds. The van der Waals surface area contributed by atoms with Gasteiger partial charge >= 0.3 is 12.1 Å². The number of allylic oxidation sites excluding steroid dienone is 4. The van der Waals surface area contributed by atoms with Crippen LogP contribution in [0.4, 0.5) is 4.79 Å². The van der Waals surface area contributed by atoms with Gasteiger partial charge in [-0.25, -0.2) is 4.79 Å². The largest absolute Gasteiger partial charge is 0.481 e. The van der Waals surface area contributed by atoms with Crippen molar-refractivity contribution in [1.29, 1.82) is 0 Å². The number of Topliss-reactive ketones (excluding diaryl/α,β-unsaturated/α-hetero) is 1. The van der Waals surface area contributed by atoms with Gasteiger partial charge in [0.05, 0.1) is 23.6 Å². The monoisotopic (exact) mass is 659 g/mol. The van der Waals surface area contributed by atoms with Crippen molar-refractivity contribution in [2.45, 2.75) is 90.6 Å². The van der Waals surface area contributed by atoms with E-state index >= 15 is 0 Å². The smallest absolute Gasteiger partial charge is 0.405 e. The van der Waals surface area contributed by atoms with Gasteiger partial charge in [-0.05, 0) is 51.0 Å². The number of aliphatic hydroxyl groups excluding tert-OH is 1. The molecule has 0 aromatic heterocycles. The molecule has 2 aliphatic rings. The van der Waals surface area contributed by atoms with E-state index in [0.717, 1.165) is 6.08 Å². The molecule has 47 heavy (non-hydrogen) atoms. The fraction of sp³-hybridized carbons (Fsp3) is 0.559. The van der Waals surface area contributed by atoms with Crippen LogP contribution in [0, 0.1) is 11.8 Å². The third kappa shape index (κ3) is 11.9. The quantitative estimate of drug-likeness (QED) is 0.131. The Morgan fingerprint density at radius 1 is 1.09 bits per heavy atom. The number of unbranched alkanes of at least 4 members (excludes halogenated alkanes) is 2. The zero-order valence-corrected chi connectivity index (χ0v) is 28.0. The average molecular weight is 660 g/mol. The van der Waals surface area contributed by atoms with Crippen LogP contribution >= 0.6 is 0 Å². The minimum atomic E-state index is -1.01. The van der Waals surface area contributed by atoms with E-state index in [1.54, 1.807) is 26.0 Å². The minimum absolute atomic E-state index is 0.0491. The number of carbonyl (C=O) groups excluding carboxylic acids is 4. The molecule has 0 radical (unpaired) electrons. The van der Waals surface area contributed by atoms with E-state index < -0.39 is 59.9 Å². The molecule has 1 aliphatic carbocycles. The van der Waals surface area contributed by atoms with Crippen molar-refractivity contribution in [3.8, 4) is 0 Å². The average Bonchev–Trinajstić information content (AvgIpc) is 3.00. The lowest BCUT2D eigenvalue weighted by atomic mass is 9.85. The van der Waals surface area contributed by atoms with Gasteiger partial charge in [0.15, 0.2) is 6.10 Å². The summed E-state index contributed by atoms with van der Waals surface area (Å²) in [5, 5.41) is 25.8. The van der Waals surface area contributed by atoms with E-state index in [9.17, 15) is 29.1 Å². The zero-order valence-electron chi connectivity index (χ0n) is 28.0. The first-order valence-corrected chi connectivity index (χ1v) is 15.7. The Morgan fingerprint density at radius 3 is 2.40 bits per heavy atom. The molecule has 6 N–H and O–H groups in total. The third-order valence-electron chi connectivity index (χ3n) is 8.16. The number of primary amides is 1. The van der Waals surface area contributed by atoms with Gasteiger partial charge in [-0.3, -0.25) is 19.2 Å². The Balaban J connectivity index is 2.52. The molecular formula is C34H49N3O10. The Labute approximate surface area is 275 Å². The van der Waals surface area contributed by atoms with Crippen LogP contribution < -0.4 is 16.4 Å².